The van der Waals surface area contributed by atoms with Gasteiger partial charge in [0.1, 0.15) is 5.75 Å². The minimum Gasteiger partial charge on any atom is -0.494 e. The number of benzene rings is 1. The minimum absolute atomic E-state index is 0.626. The zero-order valence-electron chi connectivity index (χ0n) is 12.9. The quantitative estimate of drug-likeness (QED) is 0.537. The monoisotopic (exact) mass is 280 g/mol. The molecule has 0 N–H and O–H groups in total. The zero-order chi connectivity index (χ0) is 14.5. The highest BCUT2D eigenvalue weighted by molar-refractivity contribution is 5.26. The van der Waals surface area contributed by atoms with Gasteiger partial charge in [0.05, 0.1) is 26.4 Å². The van der Waals surface area contributed by atoms with E-state index in [0.717, 1.165) is 24.3 Å². The Morgan fingerprint density at radius 1 is 0.850 bits per heavy atom. The third-order valence-corrected chi connectivity index (χ3v) is 3.14. The van der Waals surface area contributed by atoms with Crippen LogP contribution in [0.5, 0.6) is 5.75 Å². The summed E-state index contributed by atoms with van der Waals surface area (Å²) in [7, 11) is 1.68. The van der Waals surface area contributed by atoms with Gasteiger partial charge in [0, 0.05) is 7.11 Å². The molecule has 114 valence electrons. The molecule has 0 radical (unpaired) electrons. The lowest BCUT2D eigenvalue weighted by atomic mass is 10.2. The number of hydrogen-bond donors (Lipinski definition) is 0. The third-order valence-electron chi connectivity index (χ3n) is 3.14. The molecule has 0 aromatic heterocycles. The van der Waals surface area contributed by atoms with E-state index in [4.69, 9.17) is 14.2 Å². The molecule has 0 spiro atoms. The second-order valence-electron chi connectivity index (χ2n) is 4.95. The van der Waals surface area contributed by atoms with Crippen LogP contribution in [-0.4, -0.2) is 26.9 Å². The third kappa shape index (κ3) is 8.18. The van der Waals surface area contributed by atoms with E-state index in [1.807, 2.05) is 12.1 Å². The maximum Gasteiger partial charge on any atom is 0.119 e. The molecule has 0 amide bonds. The van der Waals surface area contributed by atoms with Crippen LogP contribution in [0.25, 0.3) is 0 Å². The van der Waals surface area contributed by atoms with Gasteiger partial charge in [-0.15, -0.1) is 0 Å². The standard InChI is InChI=1S/C17H28O3/c1-3-4-5-6-7-12-20-17-10-8-16(9-11-17)15-19-14-13-18-2/h8-11H,3-7,12-15H2,1-2H3. The number of ether oxygens (including phenoxy) is 3. The van der Waals surface area contributed by atoms with Crippen LogP contribution >= 0.6 is 0 Å². The fraction of sp³-hybridized carbons (Fsp3) is 0.647. The molecular weight excluding hydrogens is 252 g/mol. The van der Waals surface area contributed by atoms with Crippen molar-refractivity contribution < 1.29 is 14.2 Å². The molecule has 0 bridgehead atoms. The van der Waals surface area contributed by atoms with Gasteiger partial charge < -0.3 is 14.2 Å². The van der Waals surface area contributed by atoms with Gasteiger partial charge in [-0.3, -0.25) is 0 Å². The molecule has 3 heteroatoms. The highest BCUT2D eigenvalue weighted by Gasteiger charge is 1.97. The fourth-order valence-electron chi connectivity index (χ4n) is 1.91. The van der Waals surface area contributed by atoms with E-state index in [1.165, 1.54) is 25.7 Å². The summed E-state index contributed by atoms with van der Waals surface area (Å²) in [5.74, 6) is 0.945. The summed E-state index contributed by atoms with van der Waals surface area (Å²) in [6, 6.07) is 8.14. The molecule has 0 unspecified atom stereocenters. The summed E-state index contributed by atoms with van der Waals surface area (Å²) in [5, 5.41) is 0. The van der Waals surface area contributed by atoms with E-state index >= 15 is 0 Å². The lowest BCUT2D eigenvalue weighted by molar-refractivity contribution is 0.0616. The maximum absolute atomic E-state index is 5.72. The summed E-state index contributed by atoms with van der Waals surface area (Å²) in [6.07, 6.45) is 6.34. The molecular formula is C17H28O3. The normalized spacial score (nSPS) is 10.7. The SMILES string of the molecule is CCCCCCCOc1ccc(COCCOC)cc1. The van der Waals surface area contributed by atoms with Gasteiger partial charge in [0.2, 0.25) is 0 Å². The molecule has 0 atom stereocenters. The zero-order valence-corrected chi connectivity index (χ0v) is 12.9. The molecule has 0 aliphatic heterocycles. The first kappa shape index (κ1) is 17.0. The van der Waals surface area contributed by atoms with Crippen molar-refractivity contribution in [1.82, 2.24) is 0 Å². The maximum atomic E-state index is 5.72. The summed E-state index contributed by atoms with van der Waals surface area (Å²) >= 11 is 0. The summed E-state index contributed by atoms with van der Waals surface area (Å²) in [4.78, 5) is 0. The van der Waals surface area contributed by atoms with Crippen LogP contribution in [0.1, 0.15) is 44.6 Å². The molecule has 0 aliphatic rings. The van der Waals surface area contributed by atoms with E-state index in [1.54, 1.807) is 7.11 Å². The number of rotatable bonds is 12. The highest BCUT2D eigenvalue weighted by atomic mass is 16.5. The van der Waals surface area contributed by atoms with Gasteiger partial charge in [-0.25, -0.2) is 0 Å². The molecule has 0 saturated carbocycles. The van der Waals surface area contributed by atoms with Crippen molar-refractivity contribution in [2.24, 2.45) is 0 Å². The highest BCUT2D eigenvalue weighted by Crippen LogP contribution is 2.13. The van der Waals surface area contributed by atoms with Crippen molar-refractivity contribution in [3.05, 3.63) is 29.8 Å². The molecule has 20 heavy (non-hydrogen) atoms. The first-order valence-electron chi connectivity index (χ1n) is 7.65. The van der Waals surface area contributed by atoms with Crippen molar-refractivity contribution in [2.75, 3.05) is 26.9 Å². The van der Waals surface area contributed by atoms with Crippen LogP contribution in [0.3, 0.4) is 0 Å². The Morgan fingerprint density at radius 3 is 2.30 bits per heavy atom. The van der Waals surface area contributed by atoms with Crippen LogP contribution in [0.2, 0.25) is 0 Å². The predicted octanol–water partition coefficient (Wildman–Crippen LogP) is 4.20. The van der Waals surface area contributed by atoms with Gasteiger partial charge >= 0.3 is 0 Å². The minimum atomic E-state index is 0.626. The van der Waals surface area contributed by atoms with E-state index in [0.29, 0.717) is 19.8 Å². The molecule has 1 rings (SSSR count). The molecule has 0 aliphatic carbocycles. The first-order chi connectivity index (χ1) is 9.86. The van der Waals surface area contributed by atoms with Gasteiger partial charge in [0.15, 0.2) is 0 Å². The Bertz CT molecular complexity index is 322. The Labute approximate surface area is 123 Å². The average molecular weight is 280 g/mol. The first-order valence-corrected chi connectivity index (χ1v) is 7.65. The number of unbranched alkanes of at least 4 members (excludes halogenated alkanes) is 4. The van der Waals surface area contributed by atoms with Gasteiger partial charge in [-0.1, -0.05) is 44.7 Å². The summed E-state index contributed by atoms with van der Waals surface area (Å²) in [6.45, 7) is 4.94. The Kier molecular flexibility index (Phi) is 9.98. The van der Waals surface area contributed by atoms with Crippen LogP contribution < -0.4 is 4.74 Å². The topological polar surface area (TPSA) is 27.7 Å². The van der Waals surface area contributed by atoms with E-state index in [-0.39, 0.29) is 0 Å². The molecule has 0 heterocycles. The van der Waals surface area contributed by atoms with Crippen LogP contribution in [0.4, 0.5) is 0 Å². The van der Waals surface area contributed by atoms with Crippen molar-refractivity contribution in [2.45, 2.75) is 45.6 Å². The summed E-state index contributed by atoms with van der Waals surface area (Å²) in [5.41, 5.74) is 1.16. The summed E-state index contributed by atoms with van der Waals surface area (Å²) < 4.78 is 16.1. The van der Waals surface area contributed by atoms with E-state index in [9.17, 15) is 0 Å². The van der Waals surface area contributed by atoms with Crippen molar-refractivity contribution in [1.29, 1.82) is 0 Å². The molecule has 0 saturated heterocycles. The predicted molar refractivity (Wildman–Crippen MR) is 82.2 cm³/mol. The average Bonchev–Trinajstić information content (AvgIpc) is 2.49. The molecule has 1 aromatic rings. The molecule has 0 fully saturated rings. The van der Waals surface area contributed by atoms with Crippen LogP contribution in [0.15, 0.2) is 24.3 Å². The van der Waals surface area contributed by atoms with Crippen molar-refractivity contribution >= 4 is 0 Å². The molecule has 3 nitrogen and oxygen atoms in total. The number of hydrogen-bond acceptors (Lipinski definition) is 3. The van der Waals surface area contributed by atoms with Crippen LogP contribution in [0, 0.1) is 0 Å². The Morgan fingerprint density at radius 2 is 1.60 bits per heavy atom. The van der Waals surface area contributed by atoms with Gasteiger partial charge in [-0.05, 0) is 24.1 Å². The lowest BCUT2D eigenvalue weighted by Crippen LogP contribution is -2.02. The molecule has 1 aromatic carbocycles. The Balaban J connectivity index is 2.12. The smallest absolute Gasteiger partial charge is 0.119 e. The number of methoxy groups -OCH3 is 1. The fourth-order valence-corrected chi connectivity index (χ4v) is 1.91. The van der Waals surface area contributed by atoms with E-state index in [2.05, 4.69) is 19.1 Å². The Hall–Kier alpha value is -1.06. The second kappa shape index (κ2) is 11.7. The lowest BCUT2D eigenvalue weighted by Gasteiger charge is -2.08. The van der Waals surface area contributed by atoms with Crippen molar-refractivity contribution in [3.63, 3.8) is 0 Å². The van der Waals surface area contributed by atoms with E-state index < -0.39 is 0 Å². The van der Waals surface area contributed by atoms with Crippen molar-refractivity contribution in [3.8, 4) is 5.75 Å². The van der Waals surface area contributed by atoms with Gasteiger partial charge in [-0.2, -0.15) is 0 Å². The largest absolute Gasteiger partial charge is 0.494 e. The van der Waals surface area contributed by atoms with Gasteiger partial charge in [0.25, 0.3) is 0 Å². The second-order valence-corrected chi connectivity index (χ2v) is 4.95. The van der Waals surface area contributed by atoms with Crippen LogP contribution in [-0.2, 0) is 16.1 Å².